The number of rotatable bonds is 7. The van der Waals surface area contributed by atoms with Crippen molar-refractivity contribution in [3.8, 4) is 16.9 Å². The van der Waals surface area contributed by atoms with Crippen molar-refractivity contribution >= 4 is 28.6 Å². The van der Waals surface area contributed by atoms with Crippen LogP contribution in [0.1, 0.15) is 75.3 Å². The van der Waals surface area contributed by atoms with Crippen LogP contribution in [0.3, 0.4) is 0 Å². The summed E-state index contributed by atoms with van der Waals surface area (Å²) in [5.41, 5.74) is 3.75. The molecular weight excluding hydrogens is 546 g/mol. The average molecular weight is 580 g/mol. The van der Waals surface area contributed by atoms with Crippen molar-refractivity contribution in [2.45, 2.75) is 51.0 Å². The summed E-state index contributed by atoms with van der Waals surface area (Å²) in [6.07, 6.45) is 7.85. The Morgan fingerprint density at radius 2 is 1.84 bits per heavy atom. The molecule has 43 heavy (non-hydrogen) atoms. The van der Waals surface area contributed by atoms with Crippen LogP contribution in [-0.4, -0.2) is 62.7 Å². The van der Waals surface area contributed by atoms with E-state index < -0.39 is 11.6 Å². The van der Waals surface area contributed by atoms with E-state index in [1.54, 1.807) is 18.3 Å². The molecule has 4 heterocycles. The van der Waals surface area contributed by atoms with Crippen molar-refractivity contribution in [3.63, 3.8) is 0 Å². The molecule has 9 nitrogen and oxygen atoms in total. The Labute approximate surface area is 249 Å². The number of ether oxygens (including phenoxy) is 1. The zero-order valence-corrected chi connectivity index (χ0v) is 24.0. The van der Waals surface area contributed by atoms with Gasteiger partial charge >= 0.3 is 5.97 Å². The number of carboxylic acid groups (broad SMARTS) is 1. The fourth-order valence-electron chi connectivity index (χ4n) is 6.30. The molecule has 0 atom stereocenters. The van der Waals surface area contributed by atoms with Gasteiger partial charge in [-0.05, 0) is 61.2 Å². The summed E-state index contributed by atoms with van der Waals surface area (Å²) in [6, 6.07) is 14.7. The van der Waals surface area contributed by atoms with Crippen LogP contribution in [-0.2, 0) is 0 Å². The predicted molar refractivity (Wildman–Crippen MR) is 160 cm³/mol. The number of amides is 1. The van der Waals surface area contributed by atoms with E-state index in [-0.39, 0.29) is 23.7 Å². The van der Waals surface area contributed by atoms with Gasteiger partial charge in [0, 0.05) is 54.8 Å². The highest BCUT2D eigenvalue weighted by Crippen LogP contribution is 2.41. The number of carboxylic acids is 1. The zero-order valence-electron chi connectivity index (χ0n) is 24.0. The lowest BCUT2D eigenvalue weighted by Crippen LogP contribution is -2.52. The number of likely N-dealkylation sites (tertiary alicyclic amines) is 1. The summed E-state index contributed by atoms with van der Waals surface area (Å²) >= 11 is 0. The standard InChI is InChI=1S/C34H33N3O6/c1-21-14-24-4-5-25(17-29(24)37(21)42-13-8-22-2-3-22)32(39)36-11-9-34(10-12-36)18-30(38)28-16-23(6-7-31(28)43-34)26-15-27(33(40)41)20-35-19-26/h4-7,14-17,19-20,22H,2-3,8-13,18H2,1H3,(H,40,41). The summed E-state index contributed by atoms with van der Waals surface area (Å²) in [7, 11) is 0. The van der Waals surface area contributed by atoms with E-state index in [1.807, 2.05) is 40.8 Å². The van der Waals surface area contributed by atoms with Gasteiger partial charge in [0.1, 0.15) is 18.0 Å². The van der Waals surface area contributed by atoms with Crippen molar-refractivity contribution in [1.82, 2.24) is 14.6 Å². The Morgan fingerprint density at radius 3 is 2.60 bits per heavy atom. The van der Waals surface area contributed by atoms with Gasteiger partial charge < -0.3 is 19.6 Å². The molecule has 2 aliphatic heterocycles. The van der Waals surface area contributed by atoms with Gasteiger partial charge in [-0.3, -0.25) is 14.6 Å². The molecule has 1 aliphatic carbocycles. The highest BCUT2D eigenvalue weighted by atomic mass is 16.7. The summed E-state index contributed by atoms with van der Waals surface area (Å²) in [5.74, 6) is 0.192. The first-order chi connectivity index (χ1) is 20.8. The van der Waals surface area contributed by atoms with Gasteiger partial charge in [-0.1, -0.05) is 25.0 Å². The molecular formula is C34H33N3O6. The van der Waals surface area contributed by atoms with Gasteiger partial charge in [-0.2, -0.15) is 4.73 Å². The molecule has 2 aromatic heterocycles. The number of benzene rings is 2. The molecule has 220 valence electrons. The van der Waals surface area contributed by atoms with Gasteiger partial charge in [0.15, 0.2) is 5.78 Å². The Hall–Kier alpha value is -4.66. The molecule has 1 saturated heterocycles. The fraction of sp³-hybridized carbons (Fsp3) is 0.353. The van der Waals surface area contributed by atoms with Crippen LogP contribution in [0, 0.1) is 12.8 Å². The van der Waals surface area contributed by atoms with Crippen LogP contribution in [0.5, 0.6) is 5.75 Å². The van der Waals surface area contributed by atoms with E-state index in [0.717, 1.165) is 28.9 Å². The molecule has 2 aromatic carbocycles. The Bertz CT molecular complexity index is 1760. The predicted octanol–water partition coefficient (Wildman–Crippen LogP) is 5.58. The van der Waals surface area contributed by atoms with Gasteiger partial charge in [0.25, 0.3) is 5.91 Å². The number of piperidine rings is 1. The molecule has 1 saturated carbocycles. The van der Waals surface area contributed by atoms with Crippen LogP contribution in [0.15, 0.2) is 60.9 Å². The normalized spacial score (nSPS) is 17.5. The number of aromatic carboxylic acids is 1. The summed E-state index contributed by atoms with van der Waals surface area (Å²) in [5, 5.41) is 10.3. The van der Waals surface area contributed by atoms with Crippen LogP contribution in [0.2, 0.25) is 0 Å². The third-order valence-corrected chi connectivity index (χ3v) is 8.99. The molecule has 4 aromatic rings. The van der Waals surface area contributed by atoms with Gasteiger partial charge in [0.05, 0.1) is 28.8 Å². The van der Waals surface area contributed by atoms with Gasteiger partial charge in [0.2, 0.25) is 0 Å². The Kier molecular flexibility index (Phi) is 6.68. The monoisotopic (exact) mass is 579 g/mol. The number of carbonyl (C=O) groups is 3. The molecule has 9 heteroatoms. The molecule has 1 N–H and O–H groups in total. The smallest absolute Gasteiger partial charge is 0.337 e. The molecule has 1 amide bonds. The number of ketones is 1. The van der Waals surface area contributed by atoms with Crippen LogP contribution >= 0.6 is 0 Å². The van der Waals surface area contributed by atoms with E-state index in [4.69, 9.17) is 9.57 Å². The number of carbonyl (C=O) groups excluding carboxylic acids is 2. The van der Waals surface area contributed by atoms with E-state index >= 15 is 0 Å². The quantitative estimate of drug-likeness (QED) is 0.304. The van der Waals surface area contributed by atoms with Crippen LogP contribution in [0.25, 0.3) is 22.0 Å². The van der Waals surface area contributed by atoms with Crippen molar-refractivity contribution in [1.29, 1.82) is 0 Å². The molecule has 2 fully saturated rings. The number of Topliss-reactive ketones (excluding diaryl/α,β-unsaturated/α-hetero) is 1. The SMILES string of the molecule is Cc1cc2ccc(C(=O)N3CCC4(CC3)CC(=O)c3cc(-c5cncc(C(=O)O)c5)ccc3O4)cc2n1OCCC1CC1. The number of nitrogens with zero attached hydrogens (tertiary/aromatic N) is 3. The van der Waals surface area contributed by atoms with Gasteiger partial charge in [-0.25, -0.2) is 4.79 Å². The Morgan fingerprint density at radius 1 is 1.02 bits per heavy atom. The maximum Gasteiger partial charge on any atom is 0.337 e. The van der Waals surface area contributed by atoms with Crippen molar-refractivity contribution in [2.75, 3.05) is 19.7 Å². The molecule has 0 bridgehead atoms. The first-order valence-electron chi connectivity index (χ1n) is 14.9. The molecule has 1 spiro atoms. The highest BCUT2D eigenvalue weighted by molar-refractivity contribution is 6.02. The largest absolute Gasteiger partial charge is 0.486 e. The second kappa shape index (κ2) is 10.6. The first-order valence-corrected chi connectivity index (χ1v) is 14.9. The van der Waals surface area contributed by atoms with Gasteiger partial charge in [-0.15, -0.1) is 0 Å². The third kappa shape index (κ3) is 5.24. The minimum atomic E-state index is -1.06. The lowest BCUT2D eigenvalue weighted by Gasteiger charge is -2.44. The number of hydrogen-bond donors (Lipinski definition) is 1. The van der Waals surface area contributed by atoms with E-state index in [2.05, 4.69) is 11.1 Å². The van der Waals surface area contributed by atoms with E-state index in [1.165, 1.54) is 25.1 Å². The zero-order chi connectivity index (χ0) is 29.7. The van der Waals surface area contributed by atoms with Crippen molar-refractivity contribution < 1.29 is 29.1 Å². The summed E-state index contributed by atoms with van der Waals surface area (Å²) < 4.78 is 8.31. The molecule has 7 rings (SSSR count). The summed E-state index contributed by atoms with van der Waals surface area (Å²) in [6.45, 7) is 3.66. The van der Waals surface area contributed by atoms with Crippen LogP contribution < -0.4 is 9.57 Å². The minimum absolute atomic E-state index is 0.0199. The van der Waals surface area contributed by atoms with Crippen LogP contribution in [0.4, 0.5) is 0 Å². The lowest BCUT2D eigenvalue weighted by atomic mass is 9.82. The Balaban J connectivity index is 1.04. The number of aryl methyl sites for hydroxylation is 1. The molecule has 3 aliphatic rings. The summed E-state index contributed by atoms with van der Waals surface area (Å²) in [4.78, 5) is 50.2. The first kappa shape index (κ1) is 27.2. The topological polar surface area (TPSA) is 111 Å². The second-order valence-corrected chi connectivity index (χ2v) is 12.1. The fourth-order valence-corrected chi connectivity index (χ4v) is 6.30. The number of aromatic nitrogens is 2. The highest BCUT2D eigenvalue weighted by Gasteiger charge is 2.44. The maximum absolute atomic E-state index is 13.6. The second-order valence-electron chi connectivity index (χ2n) is 12.1. The third-order valence-electron chi connectivity index (χ3n) is 8.99. The van der Waals surface area contributed by atoms with E-state index in [9.17, 15) is 19.5 Å². The minimum Gasteiger partial charge on any atom is -0.486 e. The molecule has 0 unspecified atom stereocenters. The van der Waals surface area contributed by atoms with Crippen molar-refractivity contribution in [2.24, 2.45) is 5.92 Å². The average Bonchev–Trinajstić information content (AvgIpc) is 3.78. The maximum atomic E-state index is 13.6. The number of hydrogen-bond acceptors (Lipinski definition) is 6. The van der Waals surface area contributed by atoms with E-state index in [0.29, 0.717) is 60.5 Å². The lowest BCUT2D eigenvalue weighted by molar-refractivity contribution is -0.00571. The number of fused-ring (bicyclic) bond motifs is 2. The number of pyridine rings is 1. The molecule has 0 radical (unpaired) electrons. The van der Waals surface area contributed by atoms with Crippen molar-refractivity contribution in [3.05, 3.63) is 83.3 Å².